The maximum absolute atomic E-state index is 11.1. The highest BCUT2D eigenvalue weighted by atomic mass is 16.5. The fraction of sp³-hybridized carbons (Fsp3) is 0.222. The number of ether oxygens (including phenoxy) is 2. The second kappa shape index (κ2) is 6.62. The number of carbonyl (C=O) groups is 1. The SMILES string of the molecule is COc1ccccc1OCc1n(CC(=O)[O-])c2ccccc2[n+]1C. The minimum atomic E-state index is -1.14. The Morgan fingerprint density at radius 1 is 1.12 bits per heavy atom. The van der Waals surface area contributed by atoms with Gasteiger partial charge in [0.1, 0.15) is 6.54 Å². The Hall–Kier alpha value is -3.02. The maximum atomic E-state index is 11.1. The average Bonchev–Trinajstić information content (AvgIpc) is 2.85. The van der Waals surface area contributed by atoms with Crippen LogP contribution in [0, 0.1) is 0 Å². The lowest BCUT2D eigenvalue weighted by Gasteiger charge is -2.10. The summed E-state index contributed by atoms with van der Waals surface area (Å²) in [7, 11) is 3.46. The lowest BCUT2D eigenvalue weighted by Crippen LogP contribution is -2.36. The number of rotatable bonds is 6. The number of fused-ring (bicyclic) bond motifs is 1. The largest absolute Gasteiger partial charge is 0.546 e. The third kappa shape index (κ3) is 2.90. The van der Waals surface area contributed by atoms with E-state index < -0.39 is 5.97 Å². The molecular weight excluding hydrogens is 308 g/mol. The molecule has 24 heavy (non-hydrogen) atoms. The number of hydrogen-bond acceptors (Lipinski definition) is 4. The van der Waals surface area contributed by atoms with E-state index in [2.05, 4.69) is 0 Å². The number of carboxylic acids is 1. The lowest BCUT2D eigenvalue weighted by atomic mass is 10.3. The summed E-state index contributed by atoms with van der Waals surface area (Å²) in [6, 6.07) is 14.9. The fourth-order valence-electron chi connectivity index (χ4n) is 2.80. The molecule has 0 amide bonds. The number of para-hydroxylation sites is 4. The molecule has 0 saturated carbocycles. The Kier molecular flexibility index (Phi) is 4.37. The number of nitrogens with zero attached hydrogens (tertiary/aromatic N) is 2. The molecule has 0 unspecified atom stereocenters. The summed E-state index contributed by atoms with van der Waals surface area (Å²) in [4.78, 5) is 11.1. The predicted octanol–water partition coefficient (Wildman–Crippen LogP) is 0.803. The molecule has 1 heterocycles. The first-order chi connectivity index (χ1) is 11.6. The second-order valence-electron chi connectivity index (χ2n) is 5.36. The third-order valence-electron chi connectivity index (χ3n) is 3.95. The molecule has 0 saturated heterocycles. The molecule has 124 valence electrons. The van der Waals surface area contributed by atoms with Crippen LogP contribution >= 0.6 is 0 Å². The topological polar surface area (TPSA) is 67.4 Å². The molecule has 3 aromatic rings. The van der Waals surface area contributed by atoms with Gasteiger partial charge in [-0.15, -0.1) is 0 Å². The van der Waals surface area contributed by atoms with E-state index in [1.165, 1.54) is 0 Å². The van der Waals surface area contributed by atoms with Crippen molar-refractivity contribution in [2.75, 3.05) is 7.11 Å². The zero-order valence-electron chi connectivity index (χ0n) is 13.6. The molecule has 0 fully saturated rings. The van der Waals surface area contributed by atoms with Crippen molar-refractivity contribution < 1.29 is 23.9 Å². The van der Waals surface area contributed by atoms with Gasteiger partial charge in [-0.1, -0.05) is 24.3 Å². The number of carboxylic acid groups (broad SMARTS) is 1. The number of aromatic nitrogens is 2. The summed E-state index contributed by atoms with van der Waals surface area (Å²) >= 11 is 0. The number of methoxy groups -OCH3 is 1. The van der Waals surface area contributed by atoms with E-state index in [0.717, 1.165) is 16.9 Å². The minimum absolute atomic E-state index is 0.207. The molecule has 0 N–H and O–H groups in total. The number of imidazole rings is 1. The maximum Gasteiger partial charge on any atom is 0.296 e. The van der Waals surface area contributed by atoms with Crippen LogP contribution in [0.1, 0.15) is 5.82 Å². The lowest BCUT2D eigenvalue weighted by molar-refractivity contribution is -0.655. The second-order valence-corrected chi connectivity index (χ2v) is 5.36. The predicted molar refractivity (Wildman–Crippen MR) is 85.4 cm³/mol. The quantitative estimate of drug-likeness (QED) is 0.629. The van der Waals surface area contributed by atoms with Crippen LogP contribution in [0.3, 0.4) is 0 Å². The Bertz CT molecular complexity index is 886. The first-order valence-corrected chi connectivity index (χ1v) is 7.53. The Balaban J connectivity index is 1.99. The van der Waals surface area contributed by atoms with Gasteiger partial charge in [0.15, 0.2) is 29.1 Å². The number of aliphatic carboxylic acids is 1. The minimum Gasteiger partial charge on any atom is -0.546 e. The van der Waals surface area contributed by atoms with Crippen molar-refractivity contribution in [3.05, 3.63) is 54.4 Å². The molecule has 0 aliphatic heterocycles. The van der Waals surface area contributed by atoms with Crippen molar-refractivity contribution in [1.82, 2.24) is 4.57 Å². The number of carbonyl (C=O) groups excluding carboxylic acids is 1. The van der Waals surface area contributed by atoms with Crippen LogP contribution in [-0.4, -0.2) is 17.6 Å². The van der Waals surface area contributed by atoms with Gasteiger partial charge in [0.05, 0.1) is 20.1 Å². The van der Waals surface area contributed by atoms with Gasteiger partial charge in [0.2, 0.25) is 0 Å². The van der Waals surface area contributed by atoms with Crippen LogP contribution in [0.5, 0.6) is 11.5 Å². The smallest absolute Gasteiger partial charge is 0.296 e. The fourth-order valence-corrected chi connectivity index (χ4v) is 2.80. The highest BCUT2D eigenvalue weighted by molar-refractivity contribution is 5.75. The van der Waals surface area contributed by atoms with Crippen LogP contribution in [0.25, 0.3) is 11.0 Å². The normalized spacial score (nSPS) is 10.8. The monoisotopic (exact) mass is 326 g/mol. The van der Waals surface area contributed by atoms with Crippen LogP contribution in [-0.2, 0) is 25.0 Å². The first kappa shape index (κ1) is 15.9. The van der Waals surface area contributed by atoms with Crippen molar-refractivity contribution in [3.63, 3.8) is 0 Å². The van der Waals surface area contributed by atoms with E-state index in [9.17, 15) is 9.90 Å². The molecule has 1 aromatic heterocycles. The van der Waals surface area contributed by atoms with Crippen molar-refractivity contribution in [3.8, 4) is 11.5 Å². The Morgan fingerprint density at radius 3 is 2.50 bits per heavy atom. The molecule has 0 radical (unpaired) electrons. The zero-order chi connectivity index (χ0) is 17.1. The highest BCUT2D eigenvalue weighted by Crippen LogP contribution is 2.26. The summed E-state index contributed by atoms with van der Waals surface area (Å²) in [5.74, 6) is 0.814. The summed E-state index contributed by atoms with van der Waals surface area (Å²) < 4.78 is 14.8. The molecule has 6 nitrogen and oxygen atoms in total. The summed E-state index contributed by atoms with van der Waals surface area (Å²) in [5.41, 5.74) is 1.75. The van der Waals surface area contributed by atoms with E-state index in [4.69, 9.17) is 9.47 Å². The van der Waals surface area contributed by atoms with Crippen LogP contribution in [0.2, 0.25) is 0 Å². The molecule has 0 aliphatic rings. The van der Waals surface area contributed by atoms with Gasteiger partial charge in [-0.25, -0.2) is 9.13 Å². The molecule has 0 atom stereocenters. The standard InChI is InChI=1S/C18H18N2O4/c1-19-13-7-3-4-8-14(13)20(11-18(21)22)17(19)12-24-16-10-6-5-9-15(16)23-2/h3-10H,11-12H2,1-2H3. The number of benzene rings is 2. The molecule has 0 aliphatic carbocycles. The van der Waals surface area contributed by atoms with Crippen molar-refractivity contribution in [1.29, 1.82) is 0 Å². The molecule has 2 aromatic carbocycles. The van der Waals surface area contributed by atoms with Crippen molar-refractivity contribution in [2.24, 2.45) is 7.05 Å². The van der Waals surface area contributed by atoms with Crippen LogP contribution in [0.15, 0.2) is 48.5 Å². The molecule has 0 spiro atoms. The summed E-state index contributed by atoms with van der Waals surface area (Å²) in [6.07, 6.45) is 0. The Morgan fingerprint density at radius 2 is 1.79 bits per heavy atom. The van der Waals surface area contributed by atoms with Gasteiger partial charge in [0.25, 0.3) is 5.82 Å². The summed E-state index contributed by atoms with van der Waals surface area (Å²) in [5, 5.41) is 11.1. The van der Waals surface area contributed by atoms with E-state index in [1.807, 2.05) is 60.1 Å². The van der Waals surface area contributed by atoms with Gasteiger partial charge in [0, 0.05) is 0 Å². The average molecular weight is 326 g/mol. The van der Waals surface area contributed by atoms with Crippen molar-refractivity contribution in [2.45, 2.75) is 13.2 Å². The van der Waals surface area contributed by atoms with E-state index in [-0.39, 0.29) is 13.2 Å². The van der Waals surface area contributed by atoms with Crippen LogP contribution < -0.4 is 19.1 Å². The first-order valence-electron chi connectivity index (χ1n) is 7.53. The Labute approximate surface area is 139 Å². The van der Waals surface area contributed by atoms with Gasteiger partial charge in [-0.3, -0.25) is 0 Å². The van der Waals surface area contributed by atoms with E-state index in [0.29, 0.717) is 11.5 Å². The number of aryl methyl sites for hydroxylation is 1. The van der Waals surface area contributed by atoms with E-state index >= 15 is 0 Å². The molecule has 6 heteroatoms. The van der Waals surface area contributed by atoms with Crippen LogP contribution in [0.4, 0.5) is 0 Å². The molecule has 3 rings (SSSR count). The zero-order valence-corrected chi connectivity index (χ0v) is 13.6. The molecule has 0 bridgehead atoms. The van der Waals surface area contributed by atoms with Crippen molar-refractivity contribution >= 4 is 17.0 Å². The number of hydrogen-bond donors (Lipinski definition) is 0. The van der Waals surface area contributed by atoms with Gasteiger partial charge in [-0.2, -0.15) is 0 Å². The third-order valence-corrected chi connectivity index (χ3v) is 3.95. The van der Waals surface area contributed by atoms with Gasteiger partial charge < -0.3 is 19.4 Å². The van der Waals surface area contributed by atoms with E-state index in [1.54, 1.807) is 11.7 Å². The molecular formula is C18H18N2O4. The summed E-state index contributed by atoms with van der Waals surface area (Å²) in [6.45, 7) is -0.0230. The van der Waals surface area contributed by atoms with Gasteiger partial charge >= 0.3 is 0 Å². The highest BCUT2D eigenvalue weighted by Gasteiger charge is 2.23. The van der Waals surface area contributed by atoms with Gasteiger partial charge in [-0.05, 0) is 24.3 Å².